The molecule has 3 amide bonds. The topological polar surface area (TPSA) is 254 Å². The molecule has 4 aromatic rings. The second-order valence-corrected chi connectivity index (χ2v) is 13.1. The van der Waals surface area contributed by atoms with Gasteiger partial charge in [0.25, 0.3) is 28.6 Å². The van der Waals surface area contributed by atoms with E-state index in [1.807, 2.05) is 25.1 Å². The lowest BCUT2D eigenvalue weighted by Crippen LogP contribution is -2.50. The van der Waals surface area contributed by atoms with Gasteiger partial charge < -0.3 is 32.5 Å². The summed E-state index contributed by atoms with van der Waals surface area (Å²) in [5, 5.41) is 26.1. The van der Waals surface area contributed by atoms with E-state index in [-0.39, 0.29) is 46.1 Å². The molecule has 2 aromatic heterocycles. The summed E-state index contributed by atoms with van der Waals surface area (Å²) in [6.45, 7) is 2.86. The minimum absolute atomic E-state index is 0.0495. The van der Waals surface area contributed by atoms with Gasteiger partial charge in [0.1, 0.15) is 22.8 Å². The highest BCUT2D eigenvalue weighted by Gasteiger charge is 2.52. The normalized spacial score (nSPS) is 19.9. The summed E-state index contributed by atoms with van der Waals surface area (Å²) in [4.78, 5) is 78.1. The van der Waals surface area contributed by atoms with Crippen molar-refractivity contribution in [1.29, 1.82) is 0 Å². The number of hydrogen-bond donors (Lipinski definition) is 6. The lowest BCUT2D eigenvalue weighted by atomic mass is 9.53. The minimum Gasteiger partial charge on any atom is -0.481 e. The molecule has 256 valence electrons. The number of aliphatic carboxylic acids is 1. The molecular formula is C33H37N9O7. The van der Waals surface area contributed by atoms with E-state index in [0.717, 1.165) is 21.2 Å². The molecule has 3 aliphatic carbocycles. The third kappa shape index (κ3) is 6.09. The van der Waals surface area contributed by atoms with Crippen LogP contribution in [0, 0.1) is 10.8 Å². The van der Waals surface area contributed by atoms with Gasteiger partial charge in [0.05, 0.1) is 5.41 Å². The van der Waals surface area contributed by atoms with E-state index in [0.29, 0.717) is 64.5 Å². The van der Waals surface area contributed by atoms with E-state index in [1.54, 1.807) is 0 Å². The van der Waals surface area contributed by atoms with Crippen LogP contribution in [0.2, 0.25) is 0 Å². The standard InChI is InChI=1S/C33H37N9O7/c1-2-18-13-17(3-4-19(18)5-12-36-23-22(34)25(43)26(23)44)15-37-29(46)20-14-21(42-28(39-20)24(27(35)45)40-41-42)30(47)38-16-32-6-9-33(10-7-32,11-8-32)31(48)49/h3-4,13-14,36H,2,5-12,15-16,34H2,1H3,(H2,35,45)(H,37,46)(H,38,47)(H,48,49). The van der Waals surface area contributed by atoms with Crippen molar-refractivity contribution in [3.05, 3.63) is 78.5 Å². The second kappa shape index (κ2) is 12.7. The number of nitrogens with zero attached hydrogens (tertiary/aromatic N) is 4. The summed E-state index contributed by atoms with van der Waals surface area (Å²) in [6, 6.07) is 7.02. The highest BCUT2D eigenvalue weighted by atomic mass is 16.4. The third-order valence-corrected chi connectivity index (χ3v) is 10.3. The molecule has 0 radical (unpaired) electrons. The number of carboxylic acid groups (broad SMARTS) is 1. The monoisotopic (exact) mass is 671 g/mol. The van der Waals surface area contributed by atoms with Gasteiger partial charge in [-0.05, 0) is 73.5 Å². The number of aryl methyl sites for hydroxylation is 1. The van der Waals surface area contributed by atoms with Crippen LogP contribution in [0.4, 0.5) is 11.4 Å². The number of carboxylic acids is 1. The number of anilines is 2. The predicted molar refractivity (Wildman–Crippen MR) is 177 cm³/mol. The van der Waals surface area contributed by atoms with Crippen molar-refractivity contribution in [1.82, 2.24) is 30.4 Å². The molecule has 3 saturated carbocycles. The van der Waals surface area contributed by atoms with Crippen LogP contribution < -0.4 is 38.3 Å². The minimum atomic E-state index is -0.924. The summed E-state index contributed by atoms with van der Waals surface area (Å²) in [5.74, 6) is -2.84. The van der Waals surface area contributed by atoms with Gasteiger partial charge in [0, 0.05) is 25.7 Å². The smallest absolute Gasteiger partial charge is 0.309 e. The molecule has 49 heavy (non-hydrogen) atoms. The molecule has 0 aliphatic heterocycles. The van der Waals surface area contributed by atoms with E-state index < -0.39 is 40.0 Å². The van der Waals surface area contributed by atoms with Crippen LogP contribution in [0.3, 0.4) is 0 Å². The molecule has 7 rings (SSSR count). The molecule has 2 bridgehead atoms. The number of primary amides is 1. The van der Waals surface area contributed by atoms with Crippen LogP contribution in [0.15, 0.2) is 33.9 Å². The Morgan fingerprint density at radius 1 is 0.959 bits per heavy atom. The van der Waals surface area contributed by atoms with Crippen molar-refractivity contribution in [2.45, 2.75) is 64.8 Å². The molecule has 3 fully saturated rings. The van der Waals surface area contributed by atoms with E-state index in [9.17, 15) is 33.9 Å². The second-order valence-electron chi connectivity index (χ2n) is 13.1. The number of rotatable bonds is 13. The summed E-state index contributed by atoms with van der Waals surface area (Å²) in [5.41, 5.74) is 11.2. The van der Waals surface area contributed by atoms with Gasteiger partial charge in [-0.15, -0.1) is 5.10 Å². The number of hydrogen-bond acceptors (Lipinski definition) is 11. The van der Waals surface area contributed by atoms with E-state index >= 15 is 0 Å². The highest BCUT2D eigenvalue weighted by molar-refractivity contribution is 6.01. The van der Waals surface area contributed by atoms with Crippen LogP contribution in [0.25, 0.3) is 5.65 Å². The van der Waals surface area contributed by atoms with Crippen LogP contribution in [0.5, 0.6) is 0 Å². The van der Waals surface area contributed by atoms with Crippen molar-refractivity contribution >= 4 is 40.7 Å². The third-order valence-electron chi connectivity index (χ3n) is 10.3. The van der Waals surface area contributed by atoms with Gasteiger partial charge in [-0.1, -0.05) is 30.3 Å². The fourth-order valence-corrected chi connectivity index (χ4v) is 7.06. The van der Waals surface area contributed by atoms with Crippen molar-refractivity contribution in [2.24, 2.45) is 16.6 Å². The maximum Gasteiger partial charge on any atom is 0.309 e. The first-order valence-electron chi connectivity index (χ1n) is 16.2. The predicted octanol–water partition coefficient (Wildman–Crippen LogP) is 0.703. The zero-order valence-electron chi connectivity index (χ0n) is 26.9. The zero-order chi connectivity index (χ0) is 35.1. The average Bonchev–Trinajstić information content (AvgIpc) is 3.56. The molecule has 16 nitrogen and oxygen atoms in total. The van der Waals surface area contributed by atoms with E-state index in [1.165, 1.54) is 6.07 Å². The van der Waals surface area contributed by atoms with Crippen molar-refractivity contribution in [2.75, 3.05) is 24.1 Å². The molecule has 0 spiro atoms. The molecule has 0 unspecified atom stereocenters. The number of aromatic nitrogens is 4. The maximum atomic E-state index is 13.5. The Morgan fingerprint density at radius 2 is 1.67 bits per heavy atom. The van der Waals surface area contributed by atoms with Crippen molar-refractivity contribution in [3.63, 3.8) is 0 Å². The molecule has 8 N–H and O–H groups in total. The SMILES string of the molecule is CCc1cc(CNC(=O)c2cc(C(=O)NCC34CCC(C(=O)O)(CC3)CC4)n3nnc(C(N)=O)c3n2)ccc1CCNc1c(N)c(=O)c1=O. The Labute approximate surface area is 279 Å². The number of carbonyl (C=O) groups excluding carboxylic acids is 3. The summed E-state index contributed by atoms with van der Waals surface area (Å²) in [6.07, 6.45) is 5.02. The van der Waals surface area contributed by atoms with Gasteiger partial charge in [-0.25, -0.2) is 4.98 Å². The Kier molecular flexibility index (Phi) is 8.64. The zero-order valence-corrected chi connectivity index (χ0v) is 26.9. The summed E-state index contributed by atoms with van der Waals surface area (Å²) >= 11 is 0. The van der Waals surface area contributed by atoms with Crippen molar-refractivity contribution < 1.29 is 24.3 Å². The fraction of sp³-hybridized carbons (Fsp3) is 0.424. The molecule has 3 aliphatic rings. The number of nitrogen functional groups attached to an aromatic ring is 1. The van der Waals surface area contributed by atoms with Gasteiger partial charge in [-0.2, -0.15) is 4.52 Å². The Hall–Kier alpha value is -5.67. The van der Waals surface area contributed by atoms with Crippen LogP contribution >= 0.6 is 0 Å². The lowest BCUT2D eigenvalue weighted by molar-refractivity contribution is -0.158. The van der Waals surface area contributed by atoms with Gasteiger partial charge in [0.2, 0.25) is 0 Å². The first kappa shape index (κ1) is 33.2. The fourth-order valence-electron chi connectivity index (χ4n) is 7.06. The molecule has 0 atom stereocenters. The van der Waals surface area contributed by atoms with Crippen LogP contribution in [-0.4, -0.2) is 61.7 Å². The van der Waals surface area contributed by atoms with E-state index in [2.05, 4.69) is 31.2 Å². The largest absolute Gasteiger partial charge is 0.481 e. The Balaban J connectivity index is 1.14. The molecular weight excluding hydrogens is 634 g/mol. The van der Waals surface area contributed by atoms with Crippen LogP contribution in [0.1, 0.15) is 93.6 Å². The summed E-state index contributed by atoms with van der Waals surface area (Å²) in [7, 11) is 0. The average molecular weight is 672 g/mol. The van der Waals surface area contributed by atoms with E-state index in [4.69, 9.17) is 11.5 Å². The molecule has 0 saturated heterocycles. The maximum absolute atomic E-state index is 13.5. The van der Waals surface area contributed by atoms with Gasteiger partial charge in [0.15, 0.2) is 11.3 Å². The highest BCUT2D eigenvalue weighted by Crippen LogP contribution is 2.56. The van der Waals surface area contributed by atoms with Crippen LogP contribution in [-0.2, 0) is 24.2 Å². The van der Waals surface area contributed by atoms with Crippen molar-refractivity contribution in [3.8, 4) is 0 Å². The molecule has 2 heterocycles. The Morgan fingerprint density at radius 3 is 2.31 bits per heavy atom. The first-order chi connectivity index (χ1) is 23.4. The lowest BCUT2D eigenvalue weighted by Gasteiger charge is -2.51. The number of fused-ring (bicyclic) bond motifs is 4. The Bertz CT molecular complexity index is 2050. The number of nitrogens with one attached hydrogen (secondary N) is 3. The number of carbonyl (C=O) groups is 4. The summed E-state index contributed by atoms with van der Waals surface area (Å²) < 4.78 is 1.08. The quantitative estimate of drug-likeness (QED) is 0.107. The molecule has 2 aromatic carbocycles. The first-order valence-corrected chi connectivity index (χ1v) is 16.2. The molecule has 16 heteroatoms. The number of benzene rings is 1. The van der Waals surface area contributed by atoms with Gasteiger partial charge in [-0.3, -0.25) is 28.8 Å². The van der Waals surface area contributed by atoms with Gasteiger partial charge >= 0.3 is 5.97 Å². The number of nitrogens with two attached hydrogens (primary N) is 2. The number of amides is 3.